The van der Waals surface area contributed by atoms with E-state index in [1.54, 1.807) is 40.8 Å². The van der Waals surface area contributed by atoms with Crippen molar-refractivity contribution >= 4 is 28.5 Å². The maximum Gasteiger partial charge on any atom is 0.354 e. The second-order valence-corrected chi connectivity index (χ2v) is 7.99. The Morgan fingerprint density at radius 1 is 1.06 bits per heavy atom. The zero-order valence-electron chi connectivity index (χ0n) is 18.3. The summed E-state index contributed by atoms with van der Waals surface area (Å²) in [5.41, 5.74) is 3.68. The maximum atomic E-state index is 13.6. The fraction of sp³-hybridized carbons (Fsp3) is 0.192. The Hall–Kier alpha value is -4.13. The van der Waals surface area contributed by atoms with Crippen LogP contribution in [-0.4, -0.2) is 23.1 Å². The van der Waals surface area contributed by atoms with E-state index in [4.69, 9.17) is 9.15 Å². The van der Waals surface area contributed by atoms with E-state index < -0.39 is 17.6 Å². The first-order chi connectivity index (χ1) is 16.0. The first-order valence-corrected chi connectivity index (χ1v) is 10.8. The van der Waals surface area contributed by atoms with Gasteiger partial charge < -0.3 is 18.6 Å². The predicted octanol–water partition coefficient (Wildman–Crippen LogP) is 4.22. The lowest BCUT2D eigenvalue weighted by Gasteiger charge is -2.19. The van der Waals surface area contributed by atoms with Crippen LogP contribution in [0.2, 0.25) is 0 Å². The molecule has 7 nitrogen and oxygen atoms in total. The fourth-order valence-corrected chi connectivity index (χ4v) is 4.44. The standard InChI is InChI=1S/C26H22N2O5/c1-3-32-26(31)21-9-6-12-27(21)24-19-7-4-5-8-20(19)28(25(24)30)15-17-10-11-18-16(2)13-23(29)33-22(18)14-17/h4-14,24H,3,15H2,1-2H3. The van der Waals surface area contributed by atoms with Crippen LogP contribution in [0.3, 0.4) is 0 Å². The van der Waals surface area contributed by atoms with Crippen LogP contribution >= 0.6 is 0 Å². The molecule has 0 radical (unpaired) electrons. The number of rotatable bonds is 5. The third-order valence-electron chi connectivity index (χ3n) is 5.92. The van der Waals surface area contributed by atoms with Gasteiger partial charge in [0, 0.05) is 28.9 Å². The number of aromatic nitrogens is 1. The van der Waals surface area contributed by atoms with E-state index >= 15 is 0 Å². The first-order valence-electron chi connectivity index (χ1n) is 10.8. The molecule has 2 aromatic heterocycles. The molecule has 5 rings (SSSR count). The number of carbonyl (C=O) groups excluding carboxylic acids is 2. The molecule has 1 atom stereocenters. The van der Waals surface area contributed by atoms with Crippen molar-refractivity contribution in [1.82, 2.24) is 4.57 Å². The molecule has 0 spiro atoms. The minimum atomic E-state index is -0.670. The Morgan fingerprint density at radius 3 is 2.70 bits per heavy atom. The van der Waals surface area contributed by atoms with Crippen LogP contribution in [0.25, 0.3) is 11.0 Å². The molecule has 166 valence electrons. The second-order valence-electron chi connectivity index (χ2n) is 7.99. The number of nitrogens with zero attached hydrogens (tertiary/aromatic N) is 2. The quantitative estimate of drug-likeness (QED) is 0.342. The molecule has 0 saturated carbocycles. The number of hydrogen-bond donors (Lipinski definition) is 0. The molecule has 0 bridgehead atoms. The van der Waals surface area contributed by atoms with Crippen LogP contribution in [0, 0.1) is 6.92 Å². The summed E-state index contributed by atoms with van der Waals surface area (Å²) in [6.45, 7) is 4.16. The topological polar surface area (TPSA) is 81.8 Å². The van der Waals surface area contributed by atoms with E-state index in [1.165, 1.54) is 6.07 Å². The van der Waals surface area contributed by atoms with Crippen molar-refractivity contribution in [2.75, 3.05) is 11.5 Å². The summed E-state index contributed by atoms with van der Waals surface area (Å²) >= 11 is 0. The highest BCUT2D eigenvalue weighted by Gasteiger charge is 2.39. The molecule has 33 heavy (non-hydrogen) atoms. The number of amides is 1. The highest BCUT2D eigenvalue weighted by atomic mass is 16.5. The summed E-state index contributed by atoms with van der Waals surface area (Å²) in [5, 5.41) is 0.857. The molecule has 0 fully saturated rings. The number of ether oxygens (including phenoxy) is 1. The van der Waals surface area contributed by atoms with Crippen molar-refractivity contribution in [3.63, 3.8) is 0 Å². The highest BCUT2D eigenvalue weighted by Crippen LogP contribution is 2.40. The number of benzene rings is 2. The average Bonchev–Trinajstić information content (AvgIpc) is 3.36. The molecule has 1 amide bonds. The smallest absolute Gasteiger partial charge is 0.354 e. The van der Waals surface area contributed by atoms with Crippen LogP contribution in [0.1, 0.15) is 40.1 Å². The predicted molar refractivity (Wildman–Crippen MR) is 123 cm³/mol. The van der Waals surface area contributed by atoms with Gasteiger partial charge in [-0.25, -0.2) is 9.59 Å². The van der Waals surface area contributed by atoms with Crippen molar-refractivity contribution < 1.29 is 18.7 Å². The Bertz CT molecular complexity index is 1450. The lowest BCUT2D eigenvalue weighted by molar-refractivity contribution is -0.120. The Morgan fingerprint density at radius 2 is 1.88 bits per heavy atom. The van der Waals surface area contributed by atoms with E-state index in [9.17, 15) is 14.4 Å². The van der Waals surface area contributed by atoms with Gasteiger partial charge in [-0.15, -0.1) is 0 Å². The Kier molecular flexibility index (Phi) is 5.09. The van der Waals surface area contributed by atoms with E-state index in [0.29, 0.717) is 17.8 Å². The molecule has 7 heteroatoms. The molecule has 3 heterocycles. The largest absolute Gasteiger partial charge is 0.461 e. The summed E-state index contributed by atoms with van der Waals surface area (Å²) in [6.07, 6.45) is 1.72. The zero-order chi connectivity index (χ0) is 23.1. The number of fused-ring (bicyclic) bond motifs is 2. The number of aryl methyl sites for hydroxylation is 1. The van der Waals surface area contributed by atoms with Gasteiger partial charge in [0.2, 0.25) is 0 Å². The number of anilines is 1. The Balaban J connectivity index is 1.54. The lowest BCUT2D eigenvalue weighted by atomic mass is 10.1. The lowest BCUT2D eigenvalue weighted by Crippen LogP contribution is -2.31. The third-order valence-corrected chi connectivity index (χ3v) is 5.92. The fourth-order valence-electron chi connectivity index (χ4n) is 4.44. The van der Waals surface area contributed by atoms with Gasteiger partial charge in [0.1, 0.15) is 17.3 Å². The molecule has 1 unspecified atom stereocenters. The van der Waals surface area contributed by atoms with Crippen molar-refractivity contribution in [3.05, 3.63) is 99.7 Å². The van der Waals surface area contributed by atoms with Crippen molar-refractivity contribution in [2.24, 2.45) is 0 Å². The van der Waals surface area contributed by atoms with Gasteiger partial charge in [-0.2, -0.15) is 0 Å². The number of para-hydroxylation sites is 1. The number of esters is 1. The molecule has 1 aliphatic heterocycles. The van der Waals surface area contributed by atoms with E-state index in [-0.39, 0.29) is 12.5 Å². The van der Waals surface area contributed by atoms with E-state index in [2.05, 4.69) is 0 Å². The van der Waals surface area contributed by atoms with Gasteiger partial charge in [0.05, 0.1) is 13.2 Å². The first kappa shape index (κ1) is 20.8. The monoisotopic (exact) mass is 442 g/mol. The zero-order valence-corrected chi connectivity index (χ0v) is 18.3. The molecule has 2 aromatic carbocycles. The summed E-state index contributed by atoms with van der Waals surface area (Å²) in [4.78, 5) is 39.6. The normalized spacial score (nSPS) is 15.2. The summed E-state index contributed by atoms with van der Waals surface area (Å²) in [7, 11) is 0. The van der Waals surface area contributed by atoms with Gasteiger partial charge >= 0.3 is 11.6 Å². The van der Waals surface area contributed by atoms with Gasteiger partial charge in [-0.3, -0.25) is 4.79 Å². The SMILES string of the molecule is CCOC(=O)c1cccn1C1C(=O)N(Cc2ccc3c(C)cc(=O)oc3c2)c2ccccc21. The van der Waals surface area contributed by atoms with Crippen molar-refractivity contribution in [1.29, 1.82) is 0 Å². The maximum absolute atomic E-state index is 13.6. The summed E-state index contributed by atoms with van der Waals surface area (Å²) < 4.78 is 12.2. The van der Waals surface area contributed by atoms with Crippen LogP contribution in [0.5, 0.6) is 0 Å². The molecule has 4 aromatic rings. The molecule has 0 N–H and O–H groups in total. The van der Waals surface area contributed by atoms with Crippen LogP contribution in [0.15, 0.2) is 76.1 Å². The molecular formula is C26H22N2O5. The molecule has 1 aliphatic rings. The van der Waals surface area contributed by atoms with E-state index in [1.807, 2.05) is 43.3 Å². The van der Waals surface area contributed by atoms with Gasteiger partial charge in [-0.05, 0) is 49.2 Å². The van der Waals surface area contributed by atoms with Gasteiger partial charge in [0.25, 0.3) is 5.91 Å². The van der Waals surface area contributed by atoms with E-state index in [0.717, 1.165) is 27.8 Å². The highest BCUT2D eigenvalue weighted by molar-refractivity contribution is 6.05. The molecule has 0 aliphatic carbocycles. The summed E-state index contributed by atoms with van der Waals surface area (Å²) in [6, 6.07) is 17.4. The third kappa shape index (κ3) is 3.51. The average molecular weight is 442 g/mol. The van der Waals surface area contributed by atoms with Gasteiger partial charge in [0.15, 0.2) is 0 Å². The van der Waals surface area contributed by atoms with Crippen molar-refractivity contribution in [3.8, 4) is 0 Å². The minimum absolute atomic E-state index is 0.149. The molecular weight excluding hydrogens is 420 g/mol. The van der Waals surface area contributed by atoms with Crippen LogP contribution in [0.4, 0.5) is 5.69 Å². The van der Waals surface area contributed by atoms with Crippen LogP contribution in [-0.2, 0) is 16.1 Å². The number of carbonyl (C=O) groups is 2. The molecule has 0 saturated heterocycles. The second kappa shape index (κ2) is 8.09. The number of hydrogen-bond acceptors (Lipinski definition) is 5. The Labute approximate surface area is 189 Å². The van der Waals surface area contributed by atoms with Crippen molar-refractivity contribution in [2.45, 2.75) is 26.4 Å². The summed E-state index contributed by atoms with van der Waals surface area (Å²) in [5.74, 6) is -0.616. The minimum Gasteiger partial charge on any atom is -0.461 e. The van der Waals surface area contributed by atoms with Gasteiger partial charge in [-0.1, -0.05) is 30.3 Å². The van der Waals surface area contributed by atoms with Crippen LogP contribution < -0.4 is 10.5 Å².